The van der Waals surface area contributed by atoms with Gasteiger partial charge in [-0.05, 0) is 31.6 Å². The first-order chi connectivity index (χ1) is 7.13. The van der Waals surface area contributed by atoms with Crippen LogP contribution in [0.25, 0.3) is 0 Å². The Morgan fingerprint density at radius 1 is 1.47 bits per heavy atom. The molecule has 0 spiro atoms. The van der Waals surface area contributed by atoms with Crippen molar-refractivity contribution in [3.63, 3.8) is 0 Å². The summed E-state index contributed by atoms with van der Waals surface area (Å²) < 4.78 is 0. The molecule has 88 valence electrons. The maximum atomic E-state index is 11.4. The number of aliphatic hydroxyl groups is 1. The van der Waals surface area contributed by atoms with Crippen molar-refractivity contribution in [2.75, 3.05) is 13.1 Å². The van der Waals surface area contributed by atoms with Gasteiger partial charge in [-0.25, -0.2) is 0 Å². The van der Waals surface area contributed by atoms with E-state index in [4.69, 9.17) is 5.73 Å². The molecule has 1 atom stereocenters. The van der Waals surface area contributed by atoms with Crippen molar-refractivity contribution in [2.45, 2.75) is 38.7 Å². The summed E-state index contributed by atoms with van der Waals surface area (Å²) in [4.78, 5) is 11.4. The van der Waals surface area contributed by atoms with Crippen LogP contribution in [0.4, 0.5) is 0 Å². The lowest BCUT2D eigenvalue weighted by Gasteiger charge is -2.25. The Hall–Kier alpha value is -0.610. The van der Waals surface area contributed by atoms with Gasteiger partial charge in [0.15, 0.2) is 0 Å². The number of aliphatic hydroxyl groups excluding tert-OH is 1. The number of nitrogens with two attached hydrogens (primary N) is 1. The fourth-order valence-electron chi connectivity index (χ4n) is 1.88. The van der Waals surface area contributed by atoms with Crippen molar-refractivity contribution in [2.24, 2.45) is 17.6 Å². The molecule has 0 aromatic rings. The molecule has 1 unspecified atom stereocenters. The highest BCUT2D eigenvalue weighted by atomic mass is 16.3. The van der Waals surface area contributed by atoms with E-state index in [1.165, 1.54) is 0 Å². The van der Waals surface area contributed by atoms with E-state index < -0.39 is 0 Å². The van der Waals surface area contributed by atoms with Crippen molar-refractivity contribution in [3.8, 4) is 0 Å². The fourth-order valence-corrected chi connectivity index (χ4v) is 1.88. The lowest BCUT2D eigenvalue weighted by Crippen LogP contribution is -2.37. The third-order valence-electron chi connectivity index (χ3n) is 3.18. The zero-order valence-corrected chi connectivity index (χ0v) is 9.41. The Bertz CT molecular complexity index is 201. The molecule has 0 saturated heterocycles. The highest BCUT2D eigenvalue weighted by Gasteiger charge is 2.20. The maximum absolute atomic E-state index is 11.4. The number of hydrogen-bond donors (Lipinski definition) is 3. The minimum atomic E-state index is -0.125. The SMILES string of the molecule is CC(CN)C(=O)NCC1CCC(O)CC1. The van der Waals surface area contributed by atoms with Gasteiger partial charge in [0.05, 0.1) is 6.10 Å². The second-order valence-corrected chi connectivity index (χ2v) is 4.56. The standard InChI is InChI=1S/C11H22N2O2/c1-8(6-12)11(15)13-7-9-2-4-10(14)5-3-9/h8-10,14H,2-7,12H2,1H3,(H,13,15). The molecule has 0 bridgehead atoms. The number of amides is 1. The topological polar surface area (TPSA) is 75.4 Å². The highest BCUT2D eigenvalue weighted by Crippen LogP contribution is 2.23. The molecule has 4 heteroatoms. The monoisotopic (exact) mass is 214 g/mol. The van der Waals surface area contributed by atoms with Gasteiger partial charge in [0.1, 0.15) is 0 Å². The Kier molecular flexibility index (Phi) is 5.05. The van der Waals surface area contributed by atoms with Gasteiger partial charge in [0.2, 0.25) is 5.91 Å². The molecule has 1 rings (SSSR count). The molecule has 4 nitrogen and oxygen atoms in total. The number of carbonyl (C=O) groups excluding carboxylic acids is 1. The van der Waals surface area contributed by atoms with Gasteiger partial charge in [-0.2, -0.15) is 0 Å². The van der Waals surface area contributed by atoms with E-state index in [1.807, 2.05) is 6.92 Å². The van der Waals surface area contributed by atoms with Crippen LogP contribution in [0.15, 0.2) is 0 Å². The fraction of sp³-hybridized carbons (Fsp3) is 0.909. The zero-order valence-electron chi connectivity index (χ0n) is 9.41. The van der Waals surface area contributed by atoms with Crippen LogP contribution in [0.1, 0.15) is 32.6 Å². The Morgan fingerprint density at radius 3 is 2.60 bits per heavy atom. The summed E-state index contributed by atoms with van der Waals surface area (Å²) in [6, 6.07) is 0. The van der Waals surface area contributed by atoms with Gasteiger partial charge in [-0.15, -0.1) is 0 Å². The molecule has 0 aliphatic heterocycles. The lowest BCUT2D eigenvalue weighted by molar-refractivity contribution is -0.124. The van der Waals surface area contributed by atoms with Gasteiger partial charge < -0.3 is 16.2 Å². The van der Waals surface area contributed by atoms with Crippen molar-refractivity contribution in [1.82, 2.24) is 5.32 Å². The molecule has 1 saturated carbocycles. The van der Waals surface area contributed by atoms with Crippen molar-refractivity contribution in [3.05, 3.63) is 0 Å². The molecule has 0 heterocycles. The maximum Gasteiger partial charge on any atom is 0.224 e. The average Bonchev–Trinajstić information content (AvgIpc) is 2.26. The third-order valence-corrected chi connectivity index (χ3v) is 3.18. The second kappa shape index (κ2) is 6.08. The largest absolute Gasteiger partial charge is 0.393 e. The molecular weight excluding hydrogens is 192 g/mol. The Labute approximate surface area is 91.2 Å². The van der Waals surface area contributed by atoms with Gasteiger partial charge in [0, 0.05) is 19.0 Å². The normalized spacial score (nSPS) is 28.5. The summed E-state index contributed by atoms with van der Waals surface area (Å²) in [6.45, 7) is 2.96. The Balaban J connectivity index is 2.17. The minimum absolute atomic E-state index is 0.0450. The summed E-state index contributed by atoms with van der Waals surface area (Å²) in [7, 11) is 0. The Morgan fingerprint density at radius 2 is 2.07 bits per heavy atom. The van der Waals surface area contributed by atoms with E-state index >= 15 is 0 Å². The first kappa shape index (κ1) is 12.5. The van der Waals surface area contributed by atoms with E-state index in [0.29, 0.717) is 12.5 Å². The molecule has 1 aliphatic carbocycles. The van der Waals surface area contributed by atoms with Gasteiger partial charge in [-0.1, -0.05) is 6.92 Å². The summed E-state index contributed by atoms with van der Waals surface area (Å²) in [5.41, 5.74) is 5.41. The number of carbonyl (C=O) groups is 1. The number of rotatable bonds is 4. The molecule has 1 aliphatic rings. The van der Waals surface area contributed by atoms with Crippen LogP contribution >= 0.6 is 0 Å². The van der Waals surface area contributed by atoms with Crippen molar-refractivity contribution < 1.29 is 9.90 Å². The van der Waals surface area contributed by atoms with Gasteiger partial charge in [0.25, 0.3) is 0 Å². The zero-order chi connectivity index (χ0) is 11.3. The predicted molar refractivity (Wildman–Crippen MR) is 59.2 cm³/mol. The molecule has 0 aromatic heterocycles. The first-order valence-corrected chi connectivity index (χ1v) is 5.79. The summed E-state index contributed by atoms with van der Waals surface area (Å²) >= 11 is 0. The molecule has 1 amide bonds. The van der Waals surface area contributed by atoms with Gasteiger partial charge >= 0.3 is 0 Å². The minimum Gasteiger partial charge on any atom is -0.393 e. The van der Waals surface area contributed by atoms with E-state index in [2.05, 4.69) is 5.32 Å². The van der Waals surface area contributed by atoms with Crippen LogP contribution in [0.3, 0.4) is 0 Å². The molecule has 4 N–H and O–H groups in total. The van der Waals surface area contributed by atoms with E-state index in [1.54, 1.807) is 0 Å². The van der Waals surface area contributed by atoms with Crippen LogP contribution < -0.4 is 11.1 Å². The quantitative estimate of drug-likeness (QED) is 0.628. The molecule has 15 heavy (non-hydrogen) atoms. The highest BCUT2D eigenvalue weighted by molar-refractivity contribution is 5.78. The molecular formula is C11H22N2O2. The van der Waals surface area contributed by atoms with Crippen molar-refractivity contribution in [1.29, 1.82) is 0 Å². The van der Waals surface area contributed by atoms with E-state index in [9.17, 15) is 9.90 Å². The van der Waals surface area contributed by atoms with E-state index in [0.717, 1.165) is 32.2 Å². The summed E-state index contributed by atoms with van der Waals surface area (Å²) in [6.07, 6.45) is 3.64. The molecule has 1 fully saturated rings. The first-order valence-electron chi connectivity index (χ1n) is 5.79. The van der Waals surface area contributed by atoms with Crippen LogP contribution in [-0.4, -0.2) is 30.2 Å². The lowest BCUT2D eigenvalue weighted by atomic mass is 9.87. The number of nitrogens with one attached hydrogen (secondary N) is 1. The van der Waals surface area contributed by atoms with E-state index in [-0.39, 0.29) is 17.9 Å². The summed E-state index contributed by atoms with van der Waals surface area (Å²) in [5, 5.41) is 12.2. The van der Waals surface area contributed by atoms with Crippen LogP contribution in [0.2, 0.25) is 0 Å². The molecule has 0 aromatic carbocycles. The van der Waals surface area contributed by atoms with Crippen molar-refractivity contribution >= 4 is 5.91 Å². The van der Waals surface area contributed by atoms with Crippen LogP contribution in [-0.2, 0) is 4.79 Å². The van der Waals surface area contributed by atoms with Crippen LogP contribution in [0, 0.1) is 11.8 Å². The third kappa shape index (κ3) is 4.18. The molecule has 0 radical (unpaired) electrons. The summed E-state index contributed by atoms with van der Waals surface area (Å²) in [5.74, 6) is 0.477. The second-order valence-electron chi connectivity index (χ2n) is 4.56. The van der Waals surface area contributed by atoms with Gasteiger partial charge in [-0.3, -0.25) is 4.79 Å². The smallest absolute Gasteiger partial charge is 0.224 e. The average molecular weight is 214 g/mol. The number of hydrogen-bond acceptors (Lipinski definition) is 3. The predicted octanol–water partition coefficient (Wildman–Crippen LogP) is 0.249. The van der Waals surface area contributed by atoms with Crippen LogP contribution in [0.5, 0.6) is 0 Å².